The van der Waals surface area contributed by atoms with E-state index in [9.17, 15) is 9.59 Å². The zero-order valence-electron chi connectivity index (χ0n) is 6.31. The van der Waals surface area contributed by atoms with E-state index in [0.717, 1.165) is 6.29 Å². The molecule has 0 N–H and O–H groups in total. The van der Waals surface area contributed by atoms with Crippen LogP contribution in [0.15, 0.2) is 0 Å². The minimum atomic E-state index is 0.0760. The Balaban J connectivity index is 0. The summed E-state index contributed by atoms with van der Waals surface area (Å²) in [7, 11) is 0. The number of hydrogen-bond acceptors (Lipinski definition) is 2. The van der Waals surface area contributed by atoms with E-state index in [-0.39, 0.29) is 5.78 Å². The Hall–Kier alpha value is -0.660. The van der Waals surface area contributed by atoms with Gasteiger partial charge in [0, 0.05) is 12.8 Å². The largest absolute Gasteiger partial charge is 0.303 e. The molecule has 0 saturated heterocycles. The number of carbonyl (C=O) groups excluding carboxylic acids is 2. The number of ketones is 1. The molecule has 0 atom stereocenters. The van der Waals surface area contributed by atoms with Gasteiger partial charge in [0.25, 0.3) is 0 Å². The summed E-state index contributed by atoms with van der Waals surface area (Å²) in [6.45, 7) is 5.48. The van der Waals surface area contributed by atoms with Crippen molar-refractivity contribution in [3.05, 3.63) is 0 Å². The maximum atomic E-state index is 10.0. The first kappa shape index (κ1) is 11.2. The summed E-state index contributed by atoms with van der Waals surface area (Å²) in [5.41, 5.74) is 0. The lowest BCUT2D eigenvalue weighted by atomic mass is 10.3. The SMILES string of the molecule is CC.CC(=O)CCC=O. The summed E-state index contributed by atoms with van der Waals surface area (Å²) < 4.78 is 0. The van der Waals surface area contributed by atoms with Crippen molar-refractivity contribution in [2.75, 3.05) is 0 Å². The average molecular weight is 130 g/mol. The van der Waals surface area contributed by atoms with E-state index in [0.29, 0.717) is 12.8 Å². The van der Waals surface area contributed by atoms with Gasteiger partial charge in [-0.25, -0.2) is 0 Å². The molecule has 0 fully saturated rings. The van der Waals surface area contributed by atoms with Gasteiger partial charge in [0.1, 0.15) is 12.1 Å². The lowest BCUT2D eigenvalue weighted by molar-refractivity contribution is -0.118. The highest BCUT2D eigenvalue weighted by Crippen LogP contribution is 1.83. The normalized spacial score (nSPS) is 7.00. The van der Waals surface area contributed by atoms with E-state index in [1.807, 2.05) is 13.8 Å². The van der Waals surface area contributed by atoms with Crippen LogP contribution >= 0.6 is 0 Å². The van der Waals surface area contributed by atoms with Gasteiger partial charge in [0.05, 0.1) is 0 Å². The van der Waals surface area contributed by atoms with E-state index in [1.54, 1.807) is 0 Å². The van der Waals surface area contributed by atoms with Crippen LogP contribution in [0.25, 0.3) is 0 Å². The van der Waals surface area contributed by atoms with Crippen LogP contribution < -0.4 is 0 Å². The molecule has 0 saturated carbocycles. The number of hydrogen-bond donors (Lipinski definition) is 0. The quantitative estimate of drug-likeness (QED) is 0.543. The molecule has 0 radical (unpaired) electrons. The fourth-order valence-electron chi connectivity index (χ4n) is 0.262. The molecule has 0 aliphatic heterocycles. The maximum absolute atomic E-state index is 10.0. The molecule has 0 aromatic rings. The Morgan fingerprint density at radius 3 is 2.00 bits per heavy atom. The lowest BCUT2D eigenvalue weighted by Crippen LogP contribution is -1.88. The second-order valence-electron chi connectivity index (χ2n) is 1.41. The van der Waals surface area contributed by atoms with Crippen LogP contribution in [0.1, 0.15) is 33.6 Å². The second kappa shape index (κ2) is 10.3. The second-order valence-corrected chi connectivity index (χ2v) is 1.41. The van der Waals surface area contributed by atoms with Gasteiger partial charge >= 0.3 is 0 Å². The molecule has 0 bridgehead atoms. The molecule has 0 amide bonds. The van der Waals surface area contributed by atoms with Crippen LogP contribution in [0, 0.1) is 0 Å². The number of rotatable bonds is 3. The van der Waals surface area contributed by atoms with Gasteiger partial charge in [-0.2, -0.15) is 0 Å². The van der Waals surface area contributed by atoms with E-state index >= 15 is 0 Å². The summed E-state index contributed by atoms with van der Waals surface area (Å²) in [6, 6.07) is 0. The van der Waals surface area contributed by atoms with Crippen LogP contribution in [-0.2, 0) is 9.59 Å². The van der Waals surface area contributed by atoms with Gasteiger partial charge in [-0.1, -0.05) is 13.8 Å². The predicted molar refractivity (Wildman–Crippen MR) is 37.3 cm³/mol. The van der Waals surface area contributed by atoms with Crippen molar-refractivity contribution >= 4 is 12.1 Å². The first-order chi connectivity index (χ1) is 4.27. The summed E-state index contributed by atoms with van der Waals surface area (Å²) in [5, 5.41) is 0. The lowest BCUT2D eigenvalue weighted by Gasteiger charge is -1.80. The minimum absolute atomic E-state index is 0.0760. The number of carbonyl (C=O) groups is 2. The molecule has 0 aromatic carbocycles. The molecular weight excluding hydrogens is 116 g/mol. The fourth-order valence-corrected chi connectivity index (χ4v) is 0.262. The van der Waals surface area contributed by atoms with E-state index in [1.165, 1.54) is 6.92 Å². The van der Waals surface area contributed by atoms with Gasteiger partial charge in [-0.05, 0) is 6.92 Å². The Bertz CT molecular complexity index is 77.0. The summed E-state index contributed by atoms with van der Waals surface area (Å²) in [6.07, 6.45) is 1.51. The number of aldehydes is 1. The summed E-state index contributed by atoms with van der Waals surface area (Å²) in [5.74, 6) is 0.0760. The molecule has 0 unspecified atom stereocenters. The summed E-state index contributed by atoms with van der Waals surface area (Å²) >= 11 is 0. The Morgan fingerprint density at radius 2 is 1.89 bits per heavy atom. The molecule has 0 aromatic heterocycles. The van der Waals surface area contributed by atoms with Gasteiger partial charge < -0.3 is 9.59 Å². The van der Waals surface area contributed by atoms with Gasteiger partial charge in [0.2, 0.25) is 0 Å². The Labute approximate surface area is 56.3 Å². The molecule has 0 aliphatic rings. The van der Waals surface area contributed by atoms with Gasteiger partial charge in [-0.3, -0.25) is 0 Å². The molecule has 9 heavy (non-hydrogen) atoms. The summed E-state index contributed by atoms with van der Waals surface area (Å²) in [4.78, 5) is 19.6. The third-order valence-electron chi connectivity index (χ3n) is 0.614. The van der Waals surface area contributed by atoms with Crippen LogP contribution in [0.4, 0.5) is 0 Å². The van der Waals surface area contributed by atoms with Crippen LogP contribution in [0.5, 0.6) is 0 Å². The standard InChI is InChI=1S/C5H8O2.C2H6/c1-5(7)3-2-4-6;1-2/h4H,2-3H2,1H3;1-2H3. The molecule has 0 heterocycles. The van der Waals surface area contributed by atoms with Crippen LogP contribution in [-0.4, -0.2) is 12.1 Å². The van der Waals surface area contributed by atoms with Crippen molar-refractivity contribution < 1.29 is 9.59 Å². The van der Waals surface area contributed by atoms with E-state index in [4.69, 9.17) is 0 Å². The van der Waals surface area contributed by atoms with E-state index < -0.39 is 0 Å². The average Bonchev–Trinajstić information content (AvgIpc) is 1.88. The van der Waals surface area contributed by atoms with Crippen molar-refractivity contribution in [1.29, 1.82) is 0 Å². The highest BCUT2D eigenvalue weighted by Gasteiger charge is 1.87. The van der Waals surface area contributed by atoms with Crippen molar-refractivity contribution in [3.8, 4) is 0 Å². The van der Waals surface area contributed by atoms with Crippen LogP contribution in [0.2, 0.25) is 0 Å². The van der Waals surface area contributed by atoms with Crippen LogP contribution in [0.3, 0.4) is 0 Å². The van der Waals surface area contributed by atoms with Crippen molar-refractivity contribution in [2.45, 2.75) is 33.6 Å². The highest BCUT2D eigenvalue weighted by atomic mass is 16.1. The van der Waals surface area contributed by atoms with Crippen molar-refractivity contribution in [3.63, 3.8) is 0 Å². The monoisotopic (exact) mass is 130 g/mol. The fraction of sp³-hybridized carbons (Fsp3) is 0.714. The highest BCUT2D eigenvalue weighted by molar-refractivity contribution is 5.77. The van der Waals surface area contributed by atoms with E-state index in [2.05, 4.69) is 0 Å². The molecule has 54 valence electrons. The first-order valence-corrected chi connectivity index (χ1v) is 3.20. The minimum Gasteiger partial charge on any atom is -0.303 e. The third kappa shape index (κ3) is 18.8. The molecule has 0 rings (SSSR count). The molecule has 0 aliphatic carbocycles. The molecule has 0 spiro atoms. The Kier molecular flexibility index (Phi) is 12.9. The maximum Gasteiger partial charge on any atom is 0.130 e. The first-order valence-electron chi connectivity index (χ1n) is 3.20. The predicted octanol–water partition coefficient (Wildman–Crippen LogP) is 1.58. The zero-order valence-corrected chi connectivity index (χ0v) is 6.31. The molecule has 2 nitrogen and oxygen atoms in total. The smallest absolute Gasteiger partial charge is 0.130 e. The van der Waals surface area contributed by atoms with Gasteiger partial charge in [-0.15, -0.1) is 0 Å². The Morgan fingerprint density at radius 1 is 1.44 bits per heavy atom. The van der Waals surface area contributed by atoms with Crippen molar-refractivity contribution in [2.24, 2.45) is 0 Å². The molecule has 2 heteroatoms. The molecular formula is C7H14O2. The number of Topliss-reactive ketones (excluding diaryl/α,β-unsaturated/α-hetero) is 1. The topological polar surface area (TPSA) is 34.1 Å². The van der Waals surface area contributed by atoms with Crippen molar-refractivity contribution in [1.82, 2.24) is 0 Å². The third-order valence-corrected chi connectivity index (χ3v) is 0.614. The zero-order chi connectivity index (χ0) is 7.70. The van der Waals surface area contributed by atoms with Gasteiger partial charge in [0.15, 0.2) is 0 Å².